The van der Waals surface area contributed by atoms with Crippen molar-refractivity contribution in [1.29, 1.82) is 0 Å². The SMILES string of the molecule is CCCNc1cncc(OCc2ccccc2F)c1. The van der Waals surface area contributed by atoms with E-state index in [1.807, 2.05) is 6.07 Å². The zero-order valence-corrected chi connectivity index (χ0v) is 10.9. The number of nitrogens with one attached hydrogen (secondary N) is 1. The van der Waals surface area contributed by atoms with E-state index in [-0.39, 0.29) is 12.4 Å². The third-order valence-corrected chi connectivity index (χ3v) is 2.64. The number of halogens is 1. The van der Waals surface area contributed by atoms with Crippen LogP contribution in [0.5, 0.6) is 5.75 Å². The van der Waals surface area contributed by atoms with Crippen LogP contribution in [0.15, 0.2) is 42.7 Å². The van der Waals surface area contributed by atoms with E-state index in [0.29, 0.717) is 11.3 Å². The number of anilines is 1. The Hall–Kier alpha value is -2.10. The Bertz CT molecular complexity index is 531. The third kappa shape index (κ3) is 3.95. The fourth-order valence-electron chi connectivity index (χ4n) is 1.64. The first kappa shape index (κ1) is 13.3. The number of hydrogen-bond acceptors (Lipinski definition) is 3. The molecule has 0 saturated heterocycles. The Balaban J connectivity index is 1.98. The van der Waals surface area contributed by atoms with Crippen molar-refractivity contribution in [2.24, 2.45) is 0 Å². The molecule has 2 aromatic rings. The van der Waals surface area contributed by atoms with Crippen molar-refractivity contribution < 1.29 is 9.13 Å². The van der Waals surface area contributed by atoms with E-state index < -0.39 is 0 Å². The lowest BCUT2D eigenvalue weighted by atomic mass is 10.2. The molecule has 1 aromatic heterocycles. The average molecular weight is 260 g/mol. The van der Waals surface area contributed by atoms with Crippen LogP contribution in [0.3, 0.4) is 0 Å². The Kier molecular flexibility index (Phi) is 4.72. The molecule has 0 amide bonds. The summed E-state index contributed by atoms with van der Waals surface area (Å²) in [6, 6.07) is 8.45. The number of ether oxygens (including phenoxy) is 1. The molecular formula is C15H17FN2O. The second kappa shape index (κ2) is 6.73. The fraction of sp³-hybridized carbons (Fsp3) is 0.267. The summed E-state index contributed by atoms with van der Waals surface area (Å²) >= 11 is 0. The second-order valence-electron chi connectivity index (χ2n) is 4.22. The molecule has 1 heterocycles. The number of aromatic nitrogens is 1. The maximum Gasteiger partial charge on any atom is 0.140 e. The molecule has 19 heavy (non-hydrogen) atoms. The maximum atomic E-state index is 13.4. The lowest BCUT2D eigenvalue weighted by Gasteiger charge is -2.09. The van der Waals surface area contributed by atoms with Gasteiger partial charge in [0.2, 0.25) is 0 Å². The summed E-state index contributed by atoms with van der Waals surface area (Å²) in [6.07, 6.45) is 4.41. The molecule has 0 saturated carbocycles. The van der Waals surface area contributed by atoms with Gasteiger partial charge in [-0.05, 0) is 12.5 Å². The minimum Gasteiger partial charge on any atom is -0.487 e. The minimum absolute atomic E-state index is 0.200. The summed E-state index contributed by atoms with van der Waals surface area (Å²) in [5.41, 5.74) is 1.45. The number of benzene rings is 1. The van der Waals surface area contributed by atoms with Crippen LogP contribution in [0, 0.1) is 5.82 Å². The van der Waals surface area contributed by atoms with Crippen molar-refractivity contribution in [2.45, 2.75) is 20.0 Å². The zero-order valence-electron chi connectivity index (χ0n) is 10.9. The standard InChI is InChI=1S/C15H17FN2O/c1-2-7-18-13-8-14(10-17-9-13)19-11-12-5-3-4-6-15(12)16/h3-6,8-10,18H,2,7,11H2,1H3. The molecular weight excluding hydrogens is 243 g/mol. The van der Waals surface area contributed by atoms with Crippen molar-refractivity contribution in [3.8, 4) is 5.75 Å². The van der Waals surface area contributed by atoms with Crippen LogP contribution in [0.25, 0.3) is 0 Å². The molecule has 4 heteroatoms. The predicted molar refractivity (Wildman–Crippen MR) is 73.7 cm³/mol. The van der Waals surface area contributed by atoms with Crippen molar-refractivity contribution in [1.82, 2.24) is 4.98 Å². The van der Waals surface area contributed by atoms with Gasteiger partial charge in [0, 0.05) is 18.2 Å². The number of pyridine rings is 1. The van der Waals surface area contributed by atoms with Crippen molar-refractivity contribution in [3.63, 3.8) is 0 Å². The highest BCUT2D eigenvalue weighted by Gasteiger charge is 2.02. The summed E-state index contributed by atoms with van der Waals surface area (Å²) in [6.45, 7) is 3.18. The van der Waals surface area contributed by atoms with Gasteiger partial charge in [-0.2, -0.15) is 0 Å². The van der Waals surface area contributed by atoms with Gasteiger partial charge in [0.25, 0.3) is 0 Å². The third-order valence-electron chi connectivity index (χ3n) is 2.64. The molecule has 0 radical (unpaired) electrons. The van der Waals surface area contributed by atoms with Gasteiger partial charge in [0.05, 0.1) is 18.1 Å². The molecule has 0 unspecified atom stereocenters. The topological polar surface area (TPSA) is 34.2 Å². The molecule has 0 aliphatic carbocycles. The van der Waals surface area contributed by atoms with Crippen molar-refractivity contribution in [2.75, 3.05) is 11.9 Å². The van der Waals surface area contributed by atoms with E-state index in [1.165, 1.54) is 6.07 Å². The minimum atomic E-state index is -0.254. The van der Waals surface area contributed by atoms with Crippen LogP contribution >= 0.6 is 0 Å². The summed E-state index contributed by atoms with van der Waals surface area (Å²) in [5, 5.41) is 3.23. The van der Waals surface area contributed by atoms with E-state index in [4.69, 9.17) is 4.74 Å². The Morgan fingerprint density at radius 3 is 2.89 bits per heavy atom. The Morgan fingerprint density at radius 1 is 1.26 bits per heavy atom. The highest BCUT2D eigenvalue weighted by atomic mass is 19.1. The molecule has 3 nitrogen and oxygen atoms in total. The van der Waals surface area contributed by atoms with Crippen LogP contribution in [-0.4, -0.2) is 11.5 Å². The molecule has 0 fully saturated rings. The number of nitrogens with zero attached hydrogens (tertiary/aromatic N) is 1. The van der Waals surface area contributed by atoms with E-state index in [9.17, 15) is 4.39 Å². The van der Waals surface area contributed by atoms with Gasteiger partial charge in [-0.25, -0.2) is 4.39 Å². The van der Waals surface area contributed by atoms with Gasteiger partial charge in [-0.3, -0.25) is 4.98 Å². The summed E-state index contributed by atoms with van der Waals surface area (Å²) in [4.78, 5) is 4.09. The first-order chi connectivity index (χ1) is 9.29. The fourth-order valence-corrected chi connectivity index (χ4v) is 1.64. The maximum absolute atomic E-state index is 13.4. The molecule has 100 valence electrons. The largest absolute Gasteiger partial charge is 0.487 e. The van der Waals surface area contributed by atoms with E-state index >= 15 is 0 Å². The first-order valence-corrected chi connectivity index (χ1v) is 6.34. The Morgan fingerprint density at radius 2 is 2.11 bits per heavy atom. The molecule has 0 aliphatic rings. The predicted octanol–water partition coefficient (Wildman–Crippen LogP) is 3.62. The molecule has 0 atom stereocenters. The molecule has 0 spiro atoms. The van der Waals surface area contributed by atoms with Gasteiger partial charge >= 0.3 is 0 Å². The summed E-state index contributed by atoms with van der Waals surface area (Å²) in [7, 11) is 0. The van der Waals surface area contributed by atoms with Crippen LogP contribution < -0.4 is 10.1 Å². The average Bonchev–Trinajstić information content (AvgIpc) is 2.45. The lowest BCUT2D eigenvalue weighted by Crippen LogP contribution is -2.02. The Labute approximate surface area is 112 Å². The molecule has 0 bridgehead atoms. The van der Waals surface area contributed by atoms with Crippen molar-refractivity contribution >= 4 is 5.69 Å². The summed E-state index contributed by atoms with van der Waals surface area (Å²) < 4.78 is 19.0. The highest BCUT2D eigenvalue weighted by molar-refractivity contribution is 5.45. The molecule has 0 aliphatic heterocycles. The van der Waals surface area contributed by atoms with E-state index in [1.54, 1.807) is 30.6 Å². The first-order valence-electron chi connectivity index (χ1n) is 6.34. The molecule has 2 rings (SSSR count). The van der Waals surface area contributed by atoms with E-state index in [0.717, 1.165) is 18.7 Å². The zero-order chi connectivity index (χ0) is 13.5. The monoisotopic (exact) mass is 260 g/mol. The number of hydrogen-bond donors (Lipinski definition) is 1. The second-order valence-corrected chi connectivity index (χ2v) is 4.22. The smallest absolute Gasteiger partial charge is 0.140 e. The highest BCUT2D eigenvalue weighted by Crippen LogP contribution is 2.17. The van der Waals surface area contributed by atoms with Crippen LogP contribution in [0.1, 0.15) is 18.9 Å². The number of rotatable bonds is 6. The normalized spacial score (nSPS) is 10.2. The van der Waals surface area contributed by atoms with Gasteiger partial charge in [-0.1, -0.05) is 25.1 Å². The van der Waals surface area contributed by atoms with Gasteiger partial charge in [0.15, 0.2) is 0 Å². The molecule has 1 aromatic carbocycles. The van der Waals surface area contributed by atoms with Crippen LogP contribution in [0.4, 0.5) is 10.1 Å². The lowest BCUT2D eigenvalue weighted by molar-refractivity contribution is 0.299. The van der Waals surface area contributed by atoms with Gasteiger partial charge in [0.1, 0.15) is 18.2 Å². The molecule has 1 N–H and O–H groups in total. The van der Waals surface area contributed by atoms with Gasteiger partial charge in [-0.15, -0.1) is 0 Å². The van der Waals surface area contributed by atoms with Crippen LogP contribution in [0.2, 0.25) is 0 Å². The van der Waals surface area contributed by atoms with Gasteiger partial charge < -0.3 is 10.1 Å². The summed E-state index contributed by atoms with van der Waals surface area (Å²) in [5.74, 6) is 0.375. The van der Waals surface area contributed by atoms with Crippen LogP contribution in [-0.2, 0) is 6.61 Å². The van der Waals surface area contributed by atoms with E-state index in [2.05, 4.69) is 17.2 Å². The quantitative estimate of drug-likeness (QED) is 0.861. The van der Waals surface area contributed by atoms with Crippen molar-refractivity contribution in [3.05, 3.63) is 54.1 Å².